The molecule has 204 valence electrons. The molecule has 0 radical (unpaired) electrons. The van der Waals surface area contributed by atoms with Gasteiger partial charge in [-0.25, -0.2) is 4.39 Å². The lowest BCUT2D eigenvalue weighted by molar-refractivity contribution is -0.385. The number of nitro groups is 1. The molecule has 7 heteroatoms. The van der Waals surface area contributed by atoms with Crippen LogP contribution in [0.2, 0.25) is 0 Å². The van der Waals surface area contributed by atoms with Crippen LogP contribution in [0.5, 0.6) is 0 Å². The summed E-state index contributed by atoms with van der Waals surface area (Å²) < 4.78 is 13.6. The molecule has 0 aromatic heterocycles. The first kappa shape index (κ1) is 27.0. The van der Waals surface area contributed by atoms with Gasteiger partial charge < -0.3 is 4.90 Å². The standard InChI is InChI=1S/C32H36FN3O3/c1-23-9-5-7-13-29(23)30-22-34(19-25-10-6-8-14-31(25)36(38)39)20-26(30)21-35(28-11-3-2-4-12-28)32(37)24-15-17-27(33)18-16-24/h5-10,13-18,26,28,30H,2-4,11-12,19-22H2,1H3/t26-,30+/m1/s1. The van der Waals surface area contributed by atoms with Gasteiger partial charge in [-0.15, -0.1) is 0 Å². The highest BCUT2D eigenvalue weighted by atomic mass is 19.1. The van der Waals surface area contributed by atoms with Gasteiger partial charge in [0, 0.05) is 55.3 Å². The van der Waals surface area contributed by atoms with E-state index < -0.39 is 0 Å². The van der Waals surface area contributed by atoms with E-state index in [1.165, 1.54) is 29.7 Å². The van der Waals surface area contributed by atoms with Crippen molar-refractivity contribution in [3.05, 3.63) is 111 Å². The summed E-state index contributed by atoms with van der Waals surface area (Å²) >= 11 is 0. The van der Waals surface area contributed by atoms with Crippen molar-refractivity contribution in [3.8, 4) is 0 Å². The fraction of sp³-hybridized carbons (Fsp3) is 0.406. The molecule has 1 aliphatic heterocycles. The summed E-state index contributed by atoms with van der Waals surface area (Å²) in [6.07, 6.45) is 5.36. The number of carbonyl (C=O) groups excluding carboxylic acids is 1. The Morgan fingerprint density at radius 1 is 0.974 bits per heavy atom. The Labute approximate surface area is 229 Å². The summed E-state index contributed by atoms with van der Waals surface area (Å²) in [6, 6.07) is 21.4. The molecular formula is C32H36FN3O3. The molecular weight excluding hydrogens is 493 g/mol. The van der Waals surface area contributed by atoms with Crippen molar-refractivity contribution in [1.29, 1.82) is 0 Å². The molecule has 0 bridgehead atoms. The number of amides is 1. The first-order chi connectivity index (χ1) is 18.9. The van der Waals surface area contributed by atoms with Crippen LogP contribution in [-0.2, 0) is 6.54 Å². The van der Waals surface area contributed by atoms with Crippen molar-refractivity contribution in [1.82, 2.24) is 9.80 Å². The Balaban J connectivity index is 1.45. The van der Waals surface area contributed by atoms with Gasteiger partial charge in [-0.2, -0.15) is 0 Å². The normalized spacial score (nSPS) is 20.2. The van der Waals surface area contributed by atoms with Crippen LogP contribution in [0.1, 0.15) is 65.1 Å². The van der Waals surface area contributed by atoms with Crippen LogP contribution in [0.4, 0.5) is 10.1 Å². The van der Waals surface area contributed by atoms with Gasteiger partial charge in [0.15, 0.2) is 0 Å². The zero-order chi connectivity index (χ0) is 27.4. The molecule has 1 aliphatic carbocycles. The zero-order valence-electron chi connectivity index (χ0n) is 22.5. The van der Waals surface area contributed by atoms with Crippen molar-refractivity contribution < 1.29 is 14.1 Å². The lowest BCUT2D eigenvalue weighted by atomic mass is 9.85. The Morgan fingerprint density at radius 3 is 2.38 bits per heavy atom. The van der Waals surface area contributed by atoms with E-state index in [4.69, 9.17) is 0 Å². The average molecular weight is 530 g/mol. The van der Waals surface area contributed by atoms with E-state index in [9.17, 15) is 19.3 Å². The molecule has 2 aliphatic rings. The smallest absolute Gasteiger partial charge is 0.273 e. The monoisotopic (exact) mass is 529 g/mol. The second-order valence-corrected chi connectivity index (χ2v) is 11.1. The molecule has 1 heterocycles. The number of para-hydroxylation sites is 1. The van der Waals surface area contributed by atoms with Crippen LogP contribution in [0, 0.1) is 28.8 Å². The molecule has 3 aromatic rings. The summed E-state index contributed by atoms with van der Waals surface area (Å²) in [5.74, 6) is -0.0272. The molecule has 1 saturated heterocycles. The second-order valence-electron chi connectivity index (χ2n) is 11.1. The summed E-state index contributed by atoms with van der Waals surface area (Å²) in [5, 5.41) is 11.7. The maximum atomic E-state index is 13.9. The molecule has 1 saturated carbocycles. The van der Waals surface area contributed by atoms with Gasteiger partial charge in [0.2, 0.25) is 0 Å². The van der Waals surface area contributed by atoms with Gasteiger partial charge in [-0.05, 0) is 61.1 Å². The topological polar surface area (TPSA) is 66.7 Å². The predicted octanol–water partition coefficient (Wildman–Crippen LogP) is 6.73. The van der Waals surface area contributed by atoms with Gasteiger partial charge in [-0.1, -0.05) is 61.7 Å². The minimum atomic E-state index is -0.350. The number of hydrogen-bond acceptors (Lipinski definition) is 4. The first-order valence-electron chi connectivity index (χ1n) is 14.0. The van der Waals surface area contributed by atoms with E-state index in [2.05, 4.69) is 34.9 Å². The van der Waals surface area contributed by atoms with Gasteiger partial charge in [0.25, 0.3) is 11.6 Å². The number of likely N-dealkylation sites (tertiary alicyclic amines) is 1. The number of aryl methyl sites for hydroxylation is 1. The number of halogens is 1. The van der Waals surface area contributed by atoms with Gasteiger partial charge in [-0.3, -0.25) is 19.8 Å². The van der Waals surface area contributed by atoms with Crippen molar-refractivity contribution in [3.63, 3.8) is 0 Å². The Kier molecular flexibility index (Phi) is 8.36. The molecule has 5 rings (SSSR count). The van der Waals surface area contributed by atoms with Crippen molar-refractivity contribution in [2.75, 3.05) is 19.6 Å². The quantitative estimate of drug-likeness (QED) is 0.240. The number of nitrogens with zero attached hydrogens (tertiary/aromatic N) is 3. The summed E-state index contributed by atoms with van der Waals surface area (Å²) in [7, 11) is 0. The highest BCUT2D eigenvalue weighted by molar-refractivity contribution is 5.94. The molecule has 2 atom stereocenters. The fourth-order valence-corrected chi connectivity index (χ4v) is 6.49. The average Bonchev–Trinajstić information content (AvgIpc) is 3.34. The van der Waals surface area contributed by atoms with Crippen LogP contribution in [0.25, 0.3) is 0 Å². The number of hydrogen-bond donors (Lipinski definition) is 0. The molecule has 39 heavy (non-hydrogen) atoms. The van der Waals surface area contributed by atoms with Crippen molar-refractivity contribution >= 4 is 11.6 Å². The van der Waals surface area contributed by atoms with Gasteiger partial charge >= 0.3 is 0 Å². The maximum absolute atomic E-state index is 13.9. The molecule has 0 spiro atoms. The third-order valence-corrected chi connectivity index (χ3v) is 8.49. The van der Waals surface area contributed by atoms with E-state index in [0.717, 1.165) is 38.8 Å². The van der Waals surface area contributed by atoms with Gasteiger partial charge in [0.05, 0.1) is 4.92 Å². The minimum absolute atomic E-state index is 0.0393. The van der Waals surface area contributed by atoms with Crippen LogP contribution in [0.3, 0.4) is 0 Å². The Morgan fingerprint density at radius 2 is 1.67 bits per heavy atom. The van der Waals surface area contributed by atoms with E-state index in [1.54, 1.807) is 24.3 Å². The number of benzene rings is 3. The van der Waals surface area contributed by atoms with E-state index in [0.29, 0.717) is 24.2 Å². The minimum Gasteiger partial charge on any atom is -0.335 e. The molecule has 0 unspecified atom stereocenters. The third kappa shape index (κ3) is 6.19. The summed E-state index contributed by atoms with van der Waals surface area (Å²) in [5.41, 5.74) is 3.85. The third-order valence-electron chi connectivity index (χ3n) is 8.49. The number of nitro benzene ring substituents is 1. The molecule has 1 amide bonds. The first-order valence-corrected chi connectivity index (χ1v) is 14.0. The fourth-order valence-electron chi connectivity index (χ4n) is 6.49. The van der Waals surface area contributed by atoms with Crippen LogP contribution < -0.4 is 0 Å². The maximum Gasteiger partial charge on any atom is 0.273 e. The number of carbonyl (C=O) groups is 1. The lowest BCUT2D eigenvalue weighted by Crippen LogP contribution is -2.45. The van der Waals surface area contributed by atoms with Crippen molar-refractivity contribution in [2.24, 2.45) is 5.92 Å². The second kappa shape index (κ2) is 12.1. The Bertz CT molecular complexity index is 1310. The van der Waals surface area contributed by atoms with E-state index >= 15 is 0 Å². The molecule has 6 nitrogen and oxygen atoms in total. The zero-order valence-corrected chi connectivity index (χ0v) is 22.5. The number of rotatable bonds is 8. The molecule has 0 N–H and O–H groups in total. The lowest BCUT2D eigenvalue weighted by Gasteiger charge is -2.37. The van der Waals surface area contributed by atoms with Gasteiger partial charge in [0.1, 0.15) is 5.82 Å². The summed E-state index contributed by atoms with van der Waals surface area (Å²) in [4.78, 5) is 29.6. The largest absolute Gasteiger partial charge is 0.335 e. The molecule has 3 aromatic carbocycles. The SMILES string of the molecule is Cc1ccccc1[C@H]1CN(Cc2ccccc2[N+](=O)[O-])C[C@@H]1CN(C(=O)c1ccc(F)cc1)C1CCCCC1. The highest BCUT2D eigenvalue weighted by Crippen LogP contribution is 2.38. The summed E-state index contributed by atoms with van der Waals surface area (Å²) in [6.45, 7) is 4.73. The van der Waals surface area contributed by atoms with Crippen LogP contribution >= 0.6 is 0 Å². The Hall–Kier alpha value is -3.58. The van der Waals surface area contributed by atoms with Crippen LogP contribution in [-0.4, -0.2) is 46.3 Å². The molecule has 2 fully saturated rings. The van der Waals surface area contributed by atoms with Crippen molar-refractivity contribution in [2.45, 2.75) is 57.5 Å². The predicted molar refractivity (Wildman–Crippen MR) is 150 cm³/mol. The van der Waals surface area contributed by atoms with Crippen LogP contribution in [0.15, 0.2) is 72.8 Å². The highest BCUT2D eigenvalue weighted by Gasteiger charge is 2.38. The van der Waals surface area contributed by atoms with E-state index in [-0.39, 0.29) is 40.2 Å². The van der Waals surface area contributed by atoms with E-state index in [1.807, 2.05) is 18.2 Å².